The Labute approximate surface area is 226 Å². The Balaban J connectivity index is 1.16. The van der Waals surface area contributed by atoms with Gasteiger partial charge in [0.05, 0.1) is 18.8 Å². The van der Waals surface area contributed by atoms with E-state index in [1.54, 1.807) is 30.2 Å². The minimum atomic E-state index is -0.867. The van der Waals surface area contributed by atoms with Crippen molar-refractivity contribution < 1.29 is 19.1 Å². The van der Waals surface area contributed by atoms with E-state index in [-0.39, 0.29) is 18.0 Å². The van der Waals surface area contributed by atoms with Gasteiger partial charge in [0.2, 0.25) is 0 Å². The van der Waals surface area contributed by atoms with Crippen LogP contribution >= 0.6 is 11.6 Å². The average Bonchev–Trinajstić information content (AvgIpc) is 2.93. The summed E-state index contributed by atoms with van der Waals surface area (Å²) in [5, 5.41) is 3.68. The van der Waals surface area contributed by atoms with Gasteiger partial charge in [-0.05, 0) is 61.5 Å². The van der Waals surface area contributed by atoms with Crippen molar-refractivity contribution in [3.63, 3.8) is 0 Å². The summed E-state index contributed by atoms with van der Waals surface area (Å²) in [5.41, 5.74) is 2.31. The second-order valence-corrected chi connectivity index (χ2v) is 10.4. The van der Waals surface area contributed by atoms with E-state index < -0.39 is 5.72 Å². The SMILES string of the molecule is COc1ccccc1N1CCN(C(=O)c2ccc(N3C(=O)NC4CC3(C)Oc3ccc(Cl)cc34)cc2)CC1. The van der Waals surface area contributed by atoms with Gasteiger partial charge in [0.1, 0.15) is 11.5 Å². The minimum absolute atomic E-state index is 0.0229. The Morgan fingerprint density at radius 2 is 1.79 bits per heavy atom. The van der Waals surface area contributed by atoms with E-state index in [1.807, 2.05) is 60.4 Å². The van der Waals surface area contributed by atoms with Crippen LogP contribution in [0.5, 0.6) is 11.5 Å². The maximum Gasteiger partial charge on any atom is 0.325 e. The zero-order valence-corrected chi connectivity index (χ0v) is 22.1. The lowest BCUT2D eigenvalue weighted by atomic mass is 9.90. The average molecular weight is 533 g/mol. The minimum Gasteiger partial charge on any atom is -0.495 e. The van der Waals surface area contributed by atoms with Crippen LogP contribution in [0.25, 0.3) is 0 Å². The number of benzene rings is 3. The number of urea groups is 1. The van der Waals surface area contributed by atoms with Crippen molar-refractivity contribution in [3.8, 4) is 11.5 Å². The highest BCUT2D eigenvalue weighted by molar-refractivity contribution is 6.30. The molecular weight excluding hydrogens is 504 g/mol. The summed E-state index contributed by atoms with van der Waals surface area (Å²) in [6.07, 6.45) is 0.573. The standard InChI is InChI=1S/C29H29ClN4O4/c1-29-18-23(22-17-20(30)9-12-25(22)38-29)31-28(36)34(29)21-10-7-19(8-11-21)27(35)33-15-13-32(14-16-33)24-5-3-4-6-26(24)37-2/h3-12,17,23H,13-16,18H2,1-2H3,(H,31,36). The third-order valence-corrected chi connectivity index (χ3v) is 7.83. The summed E-state index contributed by atoms with van der Waals surface area (Å²) in [6.45, 7) is 4.59. The summed E-state index contributed by atoms with van der Waals surface area (Å²) >= 11 is 6.18. The maximum atomic E-state index is 13.3. The normalized spacial score (nSPS) is 22.3. The lowest BCUT2D eigenvalue weighted by Gasteiger charge is -2.50. The highest BCUT2D eigenvalue weighted by Crippen LogP contribution is 2.46. The second-order valence-electron chi connectivity index (χ2n) is 10.00. The quantitative estimate of drug-likeness (QED) is 0.507. The van der Waals surface area contributed by atoms with E-state index in [0.29, 0.717) is 41.5 Å². The van der Waals surface area contributed by atoms with Gasteiger partial charge in [-0.1, -0.05) is 23.7 Å². The van der Waals surface area contributed by atoms with Crippen LogP contribution in [0.3, 0.4) is 0 Å². The van der Waals surface area contributed by atoms with E-state index in [0.717, 1.165) is 30.1 Å². The van der Waals surface area contributed by atoms with Crippen molar-refractivity contribution in [1.29, 1.82) is 0 Å². The van der Waals surface area contributed by atoms with Crippen LogP contribution < -0.4 is 24.6 Å². The Bertz CT molecular complexity index is 1390. The summed E-state index contributed by atoms with van der Waals surface area (Å²) < 4.78 is 11.8. The molecule has 2 unspecified atom stereocenters. The summed E-state index contributed by atoms with van der Waals surface area (Å²) in [4.78, 5) is 32.2. The van der Waals surface area contributed by atoms with Crippen molar-refractivity contribution in [3.05, 3.63) is 82.9 Å². The molecule has 3 aliphatic heterocycles. The van der Waals surface area contributed by atoms with Gasteiger partial charge in [0.25, 0.3) is 5.91 Å². The van der Waals surface area contributed by atoms with Crippen molar-refractivity contribution in [2.45, 2.75) is 25.1 Å². The Morgan fingerprint density at radius 1 is 1.05 bits per heavy atom. The van der Waals surface area contributed by atoms with Crippen molar-refractivity contribution in [1.82, 2.24) is 10.2 Å². The molecule has 3 aromatic rings. The molecule has 2 bridgehead atoms. The van der Waals surface area contributed by atoms with Crippen molar-refractivity contribution in [2.75, 3.05) is 43.1 Å². The zero-order chi connectivity index (χ0) is 26.4. The molecule has 2 atom stereocenters. The zero-order valence-electron chi connectivity index (χ0n) is 21.3. The number of nitrogens with zero attached hydrogens (tertiary/aromatic N) is 3. The van der Waals surface area contributed by atoms with E-state index in [9.17, 15) is 9.59 Å². The summed E-state index contributed by atoms with van der Waals surface area (Å²) in [7, 11) is 1.67. The Kier molecular flexibility index (Phi) is 6.07. The molecule has 3 aliphatic rings. The van der Waals surface area contributed by atoms with Gasteiger partial charge < -0.3 is 24.6 Å². The van der Waals surface area contributed by atoms with Crippen molar-refractivity contribution >= 4 is 34.9 Å². The second kappa shape index (κ2) is 9.44. The molecule has 8 nitrogen and oxygen atoms in total. The first kappa shape index (κ1) is 24.4. The Hall–Kier alpha value is -3.91. The number of methoxy groups -OCH3 is 1. The number of para-hydroxylation sites is 2. The number of carbonyl (C=O) groups excluding carboxylic acids is 2. The number of hydrogen-bond donors (Lipinski definition) is 1. The number of piperazine rings is 1. The summed E-state index contributed by atoms with van der Waals surface area (Å²) in [5.74, 6) is 1.52. The molecule has 3 aromatic carbocycles. The fourth-order valence-corrected chi connectivity index (χ4v) is 5.89. The third kappa shape index (κ3) is 4.19. The van der Waals surface area contributed by atoms with Gasteiger partial charge in [-0.25, -0.2) is 4.79 Å². The number of nitrogens with one attached hydrogen (secondary N) is 1. The lowest BCUT2D eigenvalue weighted by Crippen LogP contribution is -2.65. The number of carbonyl (C=O) groups is 2. The molecule has 6 rings (SSSR count). The van der Waals surface area contributed by atoms with Gasteiger partial charge in [-0.3, -0.25) is 9.69 Å². The van der Waals surface area contributed by atoms with Gasteiger partial charge in [0.15, 0.2) is 5.72 Å². The highest BCUT2D eigenvalue weighted by Gasteiger charge is 2.49. The van der Waals surface area contributed by atoms with Crippen LogP contribution in [0, 0.1) is 0 Å². The highest BCUT2D eigenvalue weighted by atomic mass is 35.5. The molecule has 2 fully saturated rings. The van der Waals surface area contributed by atoms with Crippen LogP contribution in [0.4, 0.5) is 16.2 Å². The molecule has 3 amide bonds. The fourth-order valence-electron chi connectivity index (χ4n) is 5.71. The Morgan fingerprint density at radius 3 is 2.53 bits per heavy atom. The van der Waals surface area contributed by atoms with Crippen LogP contribution in [-0.4, -0.2) is 55.9 Å². The van der Waals surface area contributed by atoms with E-state index >= 15 is 0 Å². The largest absolute Gasteiger partial charge is 0.495 e. The molecule has 9 heteroatoms. The van der Waals surface area contributed by atoms with E-state index in [1.165, 1.54) is 0 Å². The molecule has 0 radical (unpaired) electrons. The molecule has 0 aromatic heterocycles. The molecule has 0 saturated carbocycles. The predicted molar refractivity (Wildman–Crippen MR) is 146 cm³/mol. The molecule has 2 saturated heterocycles. The molecule has 0 aliphatic carbocycles. The first-order valence-corrected chi connectivity index (χ1v) is 13.1. The molecule has 3 heterocycles. The molecule has 1 N–H and O–H groups in total. The van der Waals surface area contributed by atoms with Gasteiger partial charge in [0, 0.05) is 54.4 Å². The topological polar surface area (TPSA) is 74.4 Å². The number of fused-ring (bicyclic) bond motifs is 4. The number of hydrogen-bond acceptors (Lipinski definition) is 5. The van der Waals surface area contributed by atoms with Gasteiger partial charge in [-0.2, -0.15) is 0 Å². The summed E-state index contributed by atoms with van der Waals surface area (Å²) in [6, 6.07) is 20.2. The van der Waals surface area contributed by atoms with Crippen LogP contribution in [0.15, 0.2) is 66.7 Å². The molecular formula is C29H29ClN4O4. The van der Waals surface area contributed by atoms with Gasteiger partial charge >= 0.3 is 6.03 Å². The third-order valence-electron chi connectivity index (χ3n) is 7.60. The first-order valence-electron chi connectivity index (χ1n) is 12.7. The monoisotopic (exact) mass is 532 g/mol. The van der Waals surface area contributed by atoms with Crippen LogP contribution in [0.1, 0.15) is 35.3 Å². The number of rotatable bonds is 4. The molecule has 0 spiro atoms. The number of halogens is 1. The number of anilines is 2. The lowest BCUT2D eigenvalue weighted by molar-refractivity contribution is 0.0379. The maximum absolute atomic E-state index is 13.3. The van der Waals surface area contributed by atoms with Crippen molar-refractivity contribution in [2.24, 2.45) is 0 Å². The molecule has 196 valence electrons. The smallest absolute Gasteiger partial charge is 0.325 e. The fraction of sp³-hybridized carbons (Fsp3) is 0.310. The van der Waals surface area contributed by atoms with E-state index in [2.05, 4.69) is 10.2 Å². The predicted octanol–water partition coefficient (Wildman–Crippen LogP) is 5.08. The van der Waals surface area contributed by atoms with Crippen LogP contribution in [0.2, 0.25) is 5.02 Å². The molecule has 38 heavy (non-hydrogen) atoms. The van der Waals surface area contributed by atoms with E-state index in [4.69, 9.17) is 21.1 Å². The number of amides is 3. The van der Waals surface area contributed by atoms with Crippen LogP contribution in [-0.2, 0) is 0 Å². The first-order chi connectivity index (χ1) is 18.4. The van der Waals surface area contributed by atoms with Gasteiger partial charge in [-0.15, -0.1) is 0 Å². The number of ether oxygens (including phenoxy) is 2.